The van der Waals surface area contributed by atoms with Crippen molar-refractivity contribution in [1.82, 2.24) is 10.2 Å². The molecule has 2 atom stereocenters. The van der Waals surface area contributed by atoms with Gasteiger partial charge in [-0.15, -0.1) is 0 Å². The van der Waals surface area contributed by atoms with Gasteiger partial charge in [-0.1, -0.05) is 47.5 Å². The monoisotopic (exact) mass is 254 g/mol. The van der Waals surface area contributed by atoms with E-state index in [2.05, 4.69) is 44.8 Å². The first-order valence-corrected chi connectivity index (χ1v) is 7.45. The van der Waals surface area contributed by atoms with E-state index in [1.165, 1.54) is 0 Å². The van der Waals surface area contributed by atoms with Crippen LogP contribution in [0, 0.1) is 5.41 Å². The Bertz CT molecular complexity index is 270. The Labute approximate surface area is 112 Å². The number of carbonyl (C=O) groups excluding carboxylic acids is 1. The molecule has 2 unspecified atom stereocenters. The molecule has 0 aliphatic carbocycles. The minimum Gasteiger partial charge on any atom is -0.326 e. The first-order valence-electron chi connectivity index (χ1n) is 7.45. The van der Waals surface area contributed by atoms with Gasteiger partial charge in [0.25, 0.3) is 0 Å². The zero-order valence-corrected chi connectivity index (χ0v) is 12.8. The van der Waals surface area contributed by atoms with Crippen LogP contribution in [0.15, 0.2) is 0 Å². The first-order chi connectivity index (χ1) is 8.39. The van der Waals surface area contributed by atoms with E-state index >= 15 is 0 Å². The number of nitrogens with one attached hydrogen (secondary N) is 1. The molecule has 1 saturated heterocycles. The Morgan fingerprint density at radius 2 is 1.94 bits per heavy atom. The van der Waals surface area contributed by atoms with Gasteiger partial charge in [-0.05, 0) is 24.7 Å². The Balaban J connectivity index is 2.56. The number of hydrogen-bond donors (Lipinski definition) is 1. The predicted octanol–water partition coefficient (Wildman–Crippen LogP) is 3.15. The molecule has 1 fully saturated rings. The SMILES string of the molecule is CCCCC1NC(CC)N(CCC(C)(C)C)C1=O. The van der Waals surface area contributed by atoms with E-state index in [1.54, 1.807) is 0 Å². The van der Waals surface area contributed by atoms with Crippen molar-refractivity contribution in [1.29, 1.82) is 0 Å². The van der Waals surface area contributed by atoms with Gasteiger partial charge in [0, 0.05) is 6.54 Å². The molecule has 0 bridgehead atoms. The summed E-state index contributed by atoms with van der Waals surface area (Å²) in [7, 11) is 0. The summed E-state index contributed by atoms with van der Waals surface area (Å²) in [5.41, 5.74) is 0.292. The van der Waals surface area contributed by atoms with Crippen LogP contribution in [0.25, 0.3) is 0 Å². The second-order valence-electron chi connectivity index (χ2n) is 6.63. The maximum atomic E-state index is 12.4. The molecule has 0 saturated carbocycles. The van der Waals surface area contributed by atoms with Gasteiger partial charge in [0.1, 0.15) is 0 Å². The zero-order chi connectivity index (χ0) is 13.8. The van der Waals surface area contributed by atoms with Crippen LogP contribution in [-0.2, 0) is 4.79 Å². The van der Waals surface area contributed by atoms with Crippen molar-refractivity contribution >= 4 is 5.91 Å². The zero-order valence-electron chi connectivity index (χ0n) is 12.8. The van der Waals surface area contributed by atoms with Crippen LogP contribution in [0.4, 0.5) is 0 Å². The average Bonchev–Trinajstić information content (AvgIpc) is 2.59. The molecule has 106 valence electrons. The van der Waals surface area contributed by atoms with E-state index in [0.717, 1.165) is 38.6 Å². The molecule has 0 aromatic carbocycles. The molecular formula is C15H30N2O. The van der Waals surface area contributed by atoms with Gasteiger partial charge in [-0.25, -0.2) is 0 Å². The van der Waals surface area contributed by atoms with E-state index in [1.807, 2.05) is 0 Å². The maximum Gasteiger partial charge on any atom is 0.241 e. The standard InChI is InChI=1S/C15H30N2O/c1-6-8-9-12-14(18)17(13(7-2)16-12)11-10-15(3,4)5/h12-13,16H,6-11H2,1-5H3. The molecule has 1 rings (SSSR count). The minimum atomic E-state index is 0.0647. The Kier molecular flexibility index (Phi) is 5.64. The van der Waals surface area contributed by atoms with Crippen LogP contribution in [-0.4, -0.2) is 29.6 Å². The smallest absolute Gasteiger partial charge is 0.241 e. The molecule has 1 N–H and O–H groups in total. The molecule has 1 amide bonds. The van der Waals surface area contributed by atoms with Gasteiger partial charge in [0.15, 0.2) is 0 Å². The number of amides is 1. The fourth-order valence-electron chi connectivity index (χ4n) is 2.42. The number of nitrogens with zero attached hydrogens (tertiary/aromatic N) is 1. The average molecular weight is 254 g/mol. The van der Waals surface area contributed by atoms with E-state index in [4.69, 9.17) is 0 Å². The topological polar surface area (TPSA) is 32.3 Å². The van der Waals surface area contributed by atoms with Crippen molar-refractivity contribution in [3.8, 4) is 0 Å². The lowest BCUT2D eigenvalue weighted by Gasteiger charge is -2.27. The van der Waals surface area contributed by atoms with Gasteiger partial charge < -0.3 is 4.90 Å². The highest BCUT2D eigenvalue weighted by atomic mass is 16.2. The van der Waals surface area contributed by atoms with Crippen LogP contribution >= 0.6 is 0 Å². The minimum absolute atomic E-state index is 0.0647. The van der Waals surface area contributed by atoms with Crippen LogP contribution in [0.5, 0.6) is 0 Å². The third-order valence-corrected chi connectivity index (χ3v) is 3.69. The third kappa shape index (κ3) is 4.27. The molecule has 18 heavy (non-hydrogen) atoms. The largest absolute Gasteiger partial charge is 0.326 e. The highest BCUT2D eigenvalue weighted by molar-refractivity contribution is 5.84. The summed E-state index contributed by atoms with van der Waals surface area (Å²) in [4.78, 5) is 14.4. The molecule has 3 nitrogen and oxygen atoms in total. The molecular weight excluding hydrogens is 224 g/mol. The van der Waals surface area contributed by atoms with Crippen LogP contribution in [0.1, 0.15) is 66.7 Å². The van der Waals surface area contributed by atoms with Gasteiger partial charge in [0.05, 0.1) is 12.2 Å². The highest BCUT2D eigenvalue weighted by Crippen LogP contribution is 2.23. The summed E-state index contributed by atoms with van der Waals surface area (Å²) in [5.74, 6) is 0.319. The summed E-state index contributed by atoms with van der Waals surface area (Å²) in [6.45, 7) is 11.9. The normalized spacial score (nSPS) is 24.9. The maximum absolute atomic E-state index is 12.4. The number of rotatable bonds is 6. The van der Waals surface area contributed by atoms with Crippen molar-refractivity contribution < 1.29 is 4.79 Å². The summed E-state index contributed by atoms with van der Waals surface area (Å²) in [6.07, 6.45) is 5.59. The van der Waals surface area contributed by atoms with Crippen LogP contribution in [0.2, 0.25) is 0 Å². The summed E-state index contributed by atoms with van der Waals surface area (Å²) in [5, 5.41) is 3.49. The van der Waals surface area contributed by atoms with Crippen LogP contribution in [0.3, 0.4) is 0 Å². The summed E-state index contributed by atoms with van der Waals surface area (Å²) < 4.78 is 0. The van der Waals surface area contributed by atoms with Crippen LogP contribution < -0.4 is 5.32 Å². The summed E-state index contributed by atoms with van der Waals surface area (Å²) >= 11 is 0. The molecule has 1 aliphatic rings. The third-order valence-electron chi connectivity index (χ3n) is 3.69. The van der Waals surface area contributed by atoms with Crippen molar-refractivity contribution in [2.45, 2.75) is 78.9 Å². The number of hydrogen-bond acceptors (Lipinski definition) is 2. The van der Waals surface area contributed by atoms with Crippen molar-refractivity contribution in [3.05, 3.63) is 0 Å². The van der Waals surface area contributed by atoms with Gasteiger partial charge in [0.2, 0.25) is 5.91 Å². The second kappa shape index (κ2) is 6.55. The first kappa shape index (κ1) is 15.5. The van der Waals surface area contributed by atoms with Crippen molar-refractivity contribution in [2.75, 3.05) is 6.54 Å². The van der Waals surface area contributed by atoms with Crippen molar-refractivity contribution in [3.63, 3.8) is 0 Å². The lowest BCUT2D eigenvalue weighted by molar-refractivity contribution is -0.130. The number of carbonyl (C=O) groups is 1. The number of unbranched alkanes of at least 4 members (excludes halogenated alkanes) is 1. The van der Waals surface area contributed by atoms with E-state index in [0.29, 0.717) is 11.3 Å². The predicted molar refractivity (Wildman–Crippen MR) is 76.3 cm³/mol. The Morgan fingerprint density at radius 1 is 1.28 bits per heavy atom. The molecule has 0 spiro atoms. The van der Waals surface area contributed by atoms with E-state index in [9.17, 15) is 4.79 Å². The molecule has 3 heteroatoms. The van der Waals surface area contributed by atoms with Gasteiger partial charge >= 0.3 is 0 Å². The molecule has 0 radical (unpaired) electrons. The Morgan fingerprint density at radius 3 is 2.44 bits per heavy atom. The second-order valence-corrected chi connectivity index (χ2v) is 6.63. The highest BCUT2D eigenvalue weighted by Gasteiger charge is 2.37. The quantitative estimate of drug-likeness (QED) is 0.789. The lowest BCUT2D eigenvalue weighted by Crippen LogP contribution is -2.38. The van der Waals surface area contributed by atoms with E-state index < -0.39 is 0 Å². The van der Waals surface area contributed by atoms with Gasteiger partial charge in [-0.3, -0.25) is 10.1 Å². The fourth-order valence-corrected chi connectivity index (χ4v) is 2.42. The van der Waals surface area contributed by atoms with Crippen molar-refractivity contribution in [2.24, 2.45) is 5.41 Å². The Hall–Kier alpha value is -0.570. The molecule has 1 heterocycles. The summed E-state index contributed by atoms with van der Waals surface area (Å²) in [6, 6.07) is 0.0647. The van der Waals surface area contributed by atoms with E-state index in [-0.39, 0.29) is 12.2 Å². The fraction of sp³-hybridized carbons (Fsp3) is 0.933. The lowest BCUT2D eigenvalue weighted by atomic mass is 9.92. The molecule has 0 aromatic heterocycles. The molecule has 0 aromatic rings. The van der Waals surface area contributed by atoms with Gasteiger partial charge in [-0.2, -0.15) is 0 Å². The molecule has 1 aliphatic heterocycles.